The molecule has 1 heterocycles. The zero-order valence-electron chi connectivity index (χ0n) is 21.6. The van der Waals surface area contributed by atoms with Crippen molar-refractivity contribution in [2.45, 2.75) is 56.1 Å². The molecular formula is C32H31N3O2S. The van der Waals surface area contributed by atoms with Crippen LogP contribution in [0.5, 0.6) is 0 Å². The molecule has 192 valence electrons. The van der Waals surface area contributed by atoms with E-state index in [1.54, 1.807) is 4.57 Å². The maximum atomic E-state index is 14.2. The average Bonchev–Trinajstić information content (AvgIpc) is 3.37. The van der Waals surface area contributed by atoms with Crippen LogP contribution in [0.3, 0.4) is 0 Å². The summed E-state index contributed by atoms with van der Waals surface area (Å²) in [6.07, 6.45) is 5.18. The fourth-order valence-electron chi connectivity index (χ4n) is 6.22. The molecule has 2 aliphatic carbocycles. The van der Waals surface area contributed by atoms with E-state index in [4.69, 9.17) is 4.98 Å². The van der Waals surface area contributed by atoms with Gasteiger partial charge in [0.2, 0.25) is 5.91 Å². The zero-order valence-corrected chi connectivity index (χ0v) is 22.4. The average molecular weight is 522 g/mol. The normalized spacial score (nSPS) is 15.3. The van der Waals surface area contributed by atoms with Gasteiger partial charge in [-0.1, -0.05) is 97.4 Å². The molecule has 0 bridgehead atoms. The van der Waals surface area contributed by atoms with Gasteiger partial charge < -0.3 is 5.32 Å². The summed E-state index contributed by atoms with van der Waals surface area (Å²) in [6.45, 7) is 6.39. The van der Waals surface area contributed by atoms with Crippen LogP contribution in [-0.4, -0.2) is 21.2 Å². The Morgan fingerprint density at radius 3 is 2.61 bits per heavy atom. The fraction of sp³-hybridized carbons (Fsp3) is 0.281. The number of anilines is 1. The monoisotopic (exact) mass is 521 g/mol. The standard InChI is InChI=1S/C32H31N3O2S/c1-21(2)19-35-30(37)28-29(25-14-6-4-11-23(25)18-32(28)16-7-8-17-32)34-31(35)38-20-27(36)33-26-15-9-12-22-10-3-5-13-24(22)26/h3-6,9-15H,1,7-8,16-20H2,2H3,(H,33,36). The third kappa shape index (κ3) is 4.37. The molecule has 4 aromatic rings. The van der Waals surface area contributed by atoms with E-state index >= 15 is 0 Å². The molecule has 1 spiro atoms. The first-order chi connectivity index (χ1) is 18.4. The molecule has 0 radical (unpaired) electrons. The predicted molar refractivity (Wildman–Crippen MR) is 156 cm³/mol. The van der Waals surface area contributed by atoms with Gasteiger partial charge in [-0.2, -0.15) is 0 Å². The number of hydrogen-bond donors (Lipinski definition) is 1. The number of carbonyl (C=O) groups excluding carboxylic acids is 1. The van der Waals surface area contributed by atoms with Crippen molar-refractivity contribution in [1.29, 1.82) is 0 Å². The molecule has 0 atom stereocenters. The summed E-state index contributed by atoms with van der Waals surface area (Å²) in [5.41, 5.74) is 5.49. The lowest BCUT2D eigenvalue weighted by molar-refractivity contribution is -0.113. The van der Waals surface area contributed by atoms with Gasteiger partial charge in [0, 0.05) is 28.6 Å². The summed E-state index contributed by atoms with van der Waals surface area (Å²) in [6, 6.07) is 22.2. The van der Waals surface area contributed by atoms with Crippen molar-refractivity contribution in [2.24, 2.45) is 0 Å². The number of rotatable bonds is 6. The van der Waals surface area contributed by atoms with E-state index in [9.17, 15) is 9.59 Å². The third-order valence-corrected chi connectivity index (χ3v) is 8.83. The highest BCUT2D eigenvalue weighted by atomic mass is 32.2. The van der Waals surface area contributed by atoms with Crippen molar-refractivity contribution >= 4 is 34.1 Å². The molecule has 38 heavy (non-hydrogen) atoms. The molecule has 6 heteroatoms. The van der Waals surface area contributed by atoms with Crippen molar-refractivity contribution in [1.82, 2.24) is 9.55 Å². The van der Waals surface area contributed by atoms with Gasteiger partial charge in [-0.3, -0.25) is 14.2 Å². The Morgan fingerprint density at radius 2 is 1.79 bits per heavy atom. The SMILES string of the molecule is C=C(C)Cn1c(SCC(=O)Nc2cccc3ccccc23)nc2c(c1=O)C1(CCCC1)Cc1ccccc1-2. The second kappa shape index (κ2) is 9.91. The summed E-state index contributed by atoms with van der Waals surface area (Å²) in [5, 5.41) is 5.69. The molecule has 6 rings (SSSR count). The number of carbonyl (C=O) groups is 1. The quantitative estimate of drug-likeness (QED) is 0.173. The van der Waals surface area contributed by atoms with Crippen LogP contribution in [0.1, 0.15) is 43.7 Å². The minimum absolute atomic E-state index is 0.0198. The van der Waals surface area contributed by atoms with Gasteiger partial charge in [-0.15, -0.1) is 0 Å². The highest BCUT2D eigenvalue weighted by Crippen LogP contribution is 2.50. The van der Waals surface area contributed by atoms with Crippen molar-refractivity contribution in [2.75, 3.05) is 11.1 Å². The Kier molecular flexibility index (Phi) is 6.44. The lowest BCUT2D eigenvalue weighted by Gasteiger charge is -2.36. The molecule has 1 amide bonds. The van der Waals surface area contributed by atoms with Crippen LogP contribution >= 0.6 is 11.8 Å². The number of fused-ring (bicyclic) bond motifs is 5. The van der Waals surface area contributed by atoms with Crippen LogP contribution in [0.15, 0.2) is 88.8 Å². The lowest BCUT2D eigenvalue weighted by Crippen LogP contribution is -2.40. The first-order valence-corrected chi connectivity index (χ1v) is 14.2. The van der Waals surface area contributed by atoms with E-state index in [0.717, 1.165) is 71.0 Å². The number of benzene rings is 3. The van der Waals surface area contributed by atoms with E-state index in [-0.39, 0.29) is 22.6 Å². The zero-order chi connectivity index (χ0) is 26.3. The summed E-state index contributed by atoms with van der Waals surface area (Å²) in [5.74, 6) is 0.0186. The number of aromatic nitrogens is 2. The molecule has 0 aliphatic heterocycles. The van der Waals surface area contributed by atoms with Crippen LogP contribution in [-0.2, 0) is 23.2 Å². The summed E-state index contributed by atoms with van der Waals surface area (Å²) in [4.78, 5) is 32.4. The van der Waals surface area contributed by atoms with Crippen LogP contribution < -0.4 is 10.9 Å². The molecule has 2 aliphatic rings. The van der Waals surface area contributed by atoms with E-state index < -0.39 is 0 Å². The van der Waals surface area contributed by atoms with Crippen LogP contribution in [0.4, 0.5) is 5.69 Å². The maximum absolute atomic E-state index is 14.2. The summed E-state index contributed by atoms with van der Waals surface area (Å²) < 4.78 is 1.74. The van der Waals surface area contributed by atoms with Crippen LogP contribution in [0.25, 0.3) is 22.0 Å². The second-order valence-electron chi connectivity index (χ2n) is 10.7. The first kappa shape index (κ1) is 24.7. The number of nitrogens with zero attached hydrogens (tertiary/aromatic N) is 2. The fourth-order valence-corrected chi connectivity index (χ4v) is 7.01. The second-order valence-corrected chi connectivity index (χ2v) is 11.6. The minimum atomic E-state index is -0.153. The van der Waals surface area contributed by atoms with Crippen molar-refractivity contribution in [3.63, 3.8) is 0 Å². The molecule has 5 nitrogen and oxygen atoms in total. The van der Waals surface area contributed by atoms with E-state index in [2.05, 4.69) is 30.1 Å². The topological polar surface area (TPSA) is 64.0 Å². The highest BCUT2D eigenvalue weighted by molar-refractivity contribution is 7.99. The van der Waals surface area contributed by atoms with Crippen LogP contribution in [0, 0.1) is 0 Å². The Balaban J connectivity index is 1.37. The molecule has 1 aromatic heterocycles. The number of allylic oxidation sites excluding steroid dienone is 1. The molecule has 0 unspecified atom stereocenters. The van der Waals surface area contributed by atoms with Crippen molar-refractivity contribution in [3.8, 4) is 11.3 Å². The molecule has 0 saturated heterocycles. The lowest BCUT2D eigenvalue weighted by atomic mass is 9.68. The van der Waals surface area contributed by atoms with Gasteiger partial charge in [0.05, 0.1) is 17.0 Å². The number of thioether (sulfide) groups is 1. The van der Waals surface area contributed by atoms with Crippen LogP contribution in [0.2, 0.25) is 0 Å². The molecule has 1 fully saturated rings. The summed E-state index contributed by atoms with van der Waals surface area (Å²) >= 11 is 1.31. The predicted octanol–water partition coefficient (Wildman–Crippen LogP) is 6.74. The first-order valence-electron chi connectivity index (χ1n) is 13.2. The Bertz CT molecular complexity index is 1630. The van der Waals surface area contributed by atoms with E-state index in [0.29, 0.717) is 11.7 Å². The Morgan fingerprint density at radius 1 is 1.05 bits per heavy atom. The molecule has 1 N–H and O–H groups in total. The van der Waals surface area contributed by atoms with E-state index in [1.165, 1.54) is 17.3 Å². The number of nitrogens with one attached hydrogen (secondary N) is 1. The highest BCUT2D eigenvalue weighted by Gasteiger charge is 2.44. The van der Waals surface area contributed by atoms with Gasteiger partial charge in [-0.25, -0.2) is 4.98 Å². The Labute approximate surface area is 227 Å². The smallest absolute Gasteiger partial charge is 0.258 e. The van der Waals surface area contributed by atoms with Gasteiger partial charge in [0.1, 0.15) is 0 Å². The Hall–Kier alpha value is -3.64. The minimum Gasteiger partial charge on any atom is -0.325 e. The summed E-state index contributed by atoms with van der Waals surface area (Å²) in [7, 11) is 0. The molecular weight excluding hydrogens is 490 g/mol. The molecule has 1 saturated carbocycles. The van der Waals surface area contributed by atoms with Gasteiger partial charge >= 0.3 is 0 Å². The number of amides is 1. The van der Waals surface area contributed by atoms with Gasteiger partial charge in [-0.05, 0) is 43.2 Å². The van der Waals surface area contributed by atoms with Gasteiger partial charge in [0.15, 0.2) is 5.16 Å². The third-order valence-electron chi connectivity index (χ3n) is 7.85. The van der Waals surface area contributed by atoms with Crippen molar-refractivity contribution < 1.29 is 4.79 Å². The largest absolute Gasteiger partial charge is 0.325 e. The van der Waals surface area contributed by atoms with Gasteiger partial charge in [0.25, 0.3) is 5.56 Å². The van der Waals surface area contributed by atoms with Crippen molar-refractivity contribution in [3.05, 3.63) is 100 Å². The number of hydrogen-bond acceptors (Lipinski definition) is 4. The maximum Gasteiger partial charge on any atom is 0.258 e. The van der Waals surface area contributed by atoms with E-state index in [1.807, 2.05) is 55.5 Å². The molecule has 3 aromatic carbocycles.